The van der Waals surface area contributed by atoms with E-state index in [1.54, 1.807) is 0 Å². The van der Waals surface area contributed by atoms with E-state index in [0.29, 0.717) is 0 Å². The van der Waals surface area contributed by atoms with E-state index in [4.69, 9.17) is 9.97 Å². The van der Waals surface area contributed by atoms with Crippen molar-refractivity contribution in [3.63, 3.8) is 0 Å². The first-order valence-electron chi connectivity index (χ1n) is 9.81. The van der Waals surface area contributed by atoms with Crippen molar-refractivity contribution in [3.05, 3.63) is 36.2 Å². The van der Waals surface area contributed by atoms with Crippen molar-refractivity contribution >= 4 is 17.6 Å². The van der Waals surface area contributed by atoms with Gasteiger partial charge in [0.25, 0.3) is 0 Å². The van der Waals surface area contributed by atoms with Gasteiger partial charge in [-0.15, -0.1) is 0 Å². The summed E-state index contributed by atoms with van der Waals surface area (Å²) in [6.45, 7) is 8.07. The summed E-state index contributed by atoms with van der Waals surface area (Å²) in [6, 6.07) is 8.23. The Morgan fingerprint density at radius 3 is 2.12 bits per heavy atom. The Balaban J connectivity index is 1.46. The maximum Gasteiger partial charge on any atom is 0.227 e. The zero-order valence-electron chi connectivity index (χ0n) is 15.6. The molecule has 26 heavy (non-hydrogen) atoms. The number of pyridine rings is 1. The molecule has 4 heterocycles. The van der Waals surface area contributed by atoms with Gasteiger partial charge in [0, 0.05) is 57.2 Å². The van der Waals surface area contributed by atoms with Gasteiger partial charge in [0.15, 0.2) is 0 Å². The van der Waals surface area contributed by atoms with Crippen LogP contribution in [-0.2, 0) is 0 Å². The third kappa shape index (κ3) is 3.89. The van der Waals surface area contributed by atoms with E-state index in [9.17, 15) is 0 Å². The second-order valence-electron chi connectivity index (χ2n) is 7.23. The molecule has 0 spiro atoms. The molecule has 2 saturated heterocycles. The highest BCUT2D eigenvalue weighted by Crippen LogP contribution is 2.22. The van der Waals surface area contributed by atoms with Crippen molar-refractivity contribution in [2.75, 3.05) is 54.0 Å². The quantitative estimate of drug-likeness (QED) is 0.847. The molecular weight excluding hydrogens is 324 g/mol. The zero-order valence-corrected chi connectivity index (χ0v) is 15.6. The average molecular weight is 352 g/mol. The second-order valence-corrected chi connectivity index (χ2v) is 7.23. The first-order chi connectivity index (χ1) is 12.8. The van der Waals surface area contributed by atoms with Crippen LogP contribution in [0, 0.1) is 6.92 Å². The Hall–Kier alpha value is -2.37. The molecule has 2 aromatic heterocycles. The summed E-state index contributed by atoms with van der Waals surface area (Å²) in [5.74, 6) is 3.04. The second kappa shape index (κ2) is 7.89. The number of nitrogens with zero attached hydrogens (tertiary/aromatic N) is 6. The van der Waals surface area contributed by atoms with Crippen LogP contribution in [0.2, 0.25) is 0 Å². The molecule has 0 bridgehead atoms. The van der Waals surface area contributed by atoms with Gasteiger partial charge in [0.1, 0.15) is 11.6 Å². The fourth-order valence-corrected chi connectivity index (χ4v) is 3.82. The van der Waals surface area contributed by atoms with Crippen LogP contribution >= 0.6 is 0 Å². The molecule has 0 unspecified atom stereocenters. The standard InChI is InChI=1S/C20H28N6/c1-17-16-19(24-10-6-2-3-7-11-24)23-20(22-17)26-14-12-25(13-15-26)18-8-4-5-9-21-18/h4-5,8-9,16H,2-3,6-7,10-15H2,1H3. The molecule has 6 heteroatoms. The van der Waals surface area contributed by atoms with Crippen LogP contribution in [0.3, 0.4) is 0 Å². The molecule has 0 saturated carbocycles. The lowest BCUT2D eigenvalue weighted by molar-refractivity contribution is 0.632. The van der Waals surface area contributed by atoms with Crippen LogP contribution in [0.4, 0.5) is 17.6 Å². The van der Waals surface area contributed by atoms with Gasteiger partial charge in [-0.05, 0) is 31.9 Å². The summed E-state index contributed by atoms with van der Waals surface area (Å²) in [4.78, 5) is 21.2. The highest BCUT2D eigenvalue weighted by atomic mass is 15.3. The van der Waals surface area contributed by atoms with Crippen LogP contribution < -0.4 is 14.7 Å². The number of rotatable bonds is 3. The minimum Gasteiger partial charge on any atom is -0.356 e. The third-order valence-corrected chi connectivity index (χ3v) is 5.29. The fraction of sp³-hybridized carbons (Fsp3) is 0.550. The van der Waals surface area contributed by atoms with Crippen molar-refractivity contribution in [1.29, 1.82) is 0 Å². The predicted octanol–water partition coefficient (Wildman–Crippen LogP) is 2.89. The highest BCUT2D eigenvalue weighted by Gasteiger charge is 2.21. The van der Waals surface area contributed by atoms with Crippen molar-refractivity contribution in [3.8, 4) is 0 Å². The first-order valence-corrected chi connectivity index (χ1v) is 9.81. The van der Waals surface area contributed by atoms with Gasteiger partial charge in [-0.3, -0.25) is 0 Å². The highest BCUT2D eigenvalue weighted by molar-refractivity contribution is 5.48. The maximum atomic E-state index is 4.93. The van der Waals surface area contributed by atoms with E-state index in [1.165, 1.54) is 25.7 Å². The topological polar surface area (TPSA) is 48.4 Å². The summed E-state index contributed by atoms with van der Waals surface area (Å²) >= 11 is 0. The van der Waals surface area contributed by atoms with Crippen molar-refractivity contribution in [2.24, 2.45) is 0 Å². The third-order valence-electron chi connectivity index (χ3n) is 5.29. The number of anilines is 3. The molecule has 4 rings (SSSR count). The van der Waals surface area contributed by atoms with E-state index in [1.807, 2.05) is 18.3 Å². The molecule has 2 aliphatic rings. The molecule has 2 fully saturated rings. The van der Waals surface area contributed by atoms with Gasteiger partial charge in [0.05, 0.1) is 0 Å². The number of hydrogen-bond acceptors (Lipinski definition) is 6. The summed E-state index contributed by atoms with van der Waals surface area (Å²) < 4.78 is 0. The van der Waals surface area contributed by atoms with Crippen LogP contribution in [0.15, 0.2) is 30.5 Å². The number of piperazine rings is 1. The lowest BCUT2D eigenvalue weighted by atomic mass is 10.2. The number of hydrogen-bond donors (Lipinski definition) is 0. The van der Waals surface area contributed by atoms with Gasteiger partial charge in [-0.1, -0.05) is 18.9 Å². The lowest BCUT2D eigenvalue weighted by Gasteiger charge is -2.35. The number of aromatic nitrogens is 3. The zero-order chi connectivity index (χ0) is 17.8. The normalized spacial score (nSPS) is 18.7. The summed E-state index contributed by atoms with van der Waals surface area (Å²) in [7, 11) is 0. The van der Waals surface area contributed by atoms with Gasteiger partial charge in [-0.2, -0.15) is 4.98 Å². The van der Waals surface area contributed by atoms with Gasteiger partial charge in [-0.25, -0.2) is 9.97 Å². The van der Waals surface area contributed by atoms with Crippen LogP contribution in [0.1, 0.15) is 31.4 Å². The first kappa shape index (κ1) is 17.1. The van der Waals surface area contributed by atoms with Crippen LogP contribution in [0.5, 0.6) is 0 Å². The Morgan fingerprint density at radius 2 is 1.42 bits per heavy atom. The molecular formula is C20H28N6. The molecule has 0 atom stereocenters. The SMILES string of the molecule is Cc1cc(N2CCCCCC2)nc(N2CCN(c3ccccn3)CC2)n1. The van der Waals surface area contributed by atoms with Gasteiger partial charge >= 0.3 is 0 Å². The van der Waals surface area contributed by atoms with E-state index in [0.717, 1.165) is 62.5 Å². The summed E-state index contributed by atoms with van der Waals surface area (Å²) in [6.07, 6.45) is 7.06. The monoisotopic (exact) mass is 352 g/mol. The number of aryl methyl sites for hydroxylation is 1. The van der Waals surface area contributed by atoms with Crippen molar-refractivity contribution in [1.82, 2.24) is 15.0 Å². The average Bonchev–Trinajstić information content (AvgIpc) is 2.98. The molecule has 138 valence electrons. The van der Waals surface area contributed by atoms with E-state index < -0.39 is 0 Å². The molecule has 6 nitrogen and oxygen atoms in total. The predicted molar refractivity (Wildman–Crippen MR) is 106 cm³/mol. The summed E-state index contributed by atoms with van der Waals surface area (Å²) in [5.41, 5.74) is 1.06. The van der Waals surface area contributed by atoms with Crippen LogP contribution in [0.25, 0.3) is 0 Å². The molecule has 0 amide bonds. The molecule has 2 aliphatic heterocycles. The minimum atomic E-state index is 0.880. The maximum absolute atomic E-state index is 4.93. The van der Waals surface area contributed by atoms with E-state index in [-0.39, 0.29) is 0 Å². The Morgan fingerprint density at radius 1 is 0.731 bits per heavy atom. The minimum absolute atomic E-state index is 0.880. The summed E-state index contributed by atoms with van der Waals surface area (Å²) in [5, 5.41) is 0. The largest absolute Gasteiger partial charge is 0.356 e. The Labute approximate surface area is 155 Å². The van der Waals surface area contributed by atoms with Gasteiger partial charge in [0.2, 0.25) is 5.95 Å². The van der Waals surface area contributed by atoms with Crippen LogP contribution in [-0.4, -0.2) is 54.2 Å². The van der Waals surface area contributed by atoms with E-state index in [2.05, 4.69) is 38.7 Å². The van der Waals surface area contributed by atoms with Crippen molar-refractivity contribution in [2.45, 2.75) is 32.6 Å². The Bertz CT molecular complexity index is 703. The lowest BCUT2D eigenvalue weighted by Crippen LogP contribution is -2.47. The van der Waals surface area contributed by atoms with Crippen molar-refractivity contribution < 1.29 is 0 Å². The molecule has 2 aromatic rings. The van der Waals surface area contributed by atoms with E-state index >= 15 is 0 Å². The molecule has 0 radical (unpaired) electrons. The molecule has 0 aromatic carbocycles. The van der Waals surface area contributed by atoms with Gasteiger partial charge < -0.3 is 14.7 Å². The smallest absolute Gasteiger partial charge is 0.227 e. The fourth-order valence-electron chi connectivity index (χ4n) is 3.82. The molecule has 0 aliphatic carbocycles. The Kier molecular flexibility index (Phi) is 5.18. The molecule has 0 N–H and O–H groups in total.